The highest BCUT2D eigenvalue weighted by molar-refractivity contribution is 4.65. The number of ether oxygens (including phenoxy) is 1. The Hall–Kier alpha value is -0.0400. The molecule has 0 saturated carbocycles. The summed E-state index contributed by atoms with van der Waals surface area (Å²) in [6.07, 6.45) is 5.37. The Labute approximate surface area is 77.5 Å². The number of hydrogen-bond donors (Lipinski definition) is 0. The quantitative estimate of drug-likeness (QED) is 0.613. The van der Waals surface area contributed by atoms with Crippen LogP contribution in [0.3, 0.4) is 0 Å². The van der Waals surface area contributed by atoms with Crippen molar-refractivity contribution in [2.75, 3.05) is 0 Å². The zero-order valence-corrected chi connectivity index (χ0v) is 9.31. The Bertz CT molecular complexity index is 102. The molecule has 0 aromatic rings. The summed E-state index contributed by atoms with van der Waals surface area (Å²) in [4.78, 5) is 0. The van der Waals surface area contributed by atoms with Crippen LogP contribution in [-0.4, -0.2) is 11.7 Å². The summed E-state index contributed by atoms with van der Waals surface area (Å²) in [5.41, 5.74) is 0.0222. The van der Waals surface area contributed by atoms with Gasteiger partial charge in [-0.15, -0.1) is 0 Å². The van der Waals surface area contributed by atoms with E-state index in [0.717, 1.165) is 6.42 Å². The molecule has 0 aliphatic carbocycles. The van der Waals surface area contributed by atoms with Crippen LogP contribution in [0, 0.1) is 0 Å². The molecule has 0 radical (unpaired) electrons. The molecule has 0 rings (SSSR count). The van der Waals surface area contributed by atoms with Crippen LogP contribution in [0.2, 0.25) is 0 Å². The lowest BCUT2D eigenvalue weighted by Crippen LogP contribution is -2.26. The van der Waals surface area contributed by atoms with Crippen molar-refractivity contribution < 1.29 is 4.74 Å². The molecule has 1 heteroatoms. The summed E-state index contributed by atoms with van der Waals surface area (Å²) in [7, 11) is 0. The highest BCUT2D eigenvalue weighted by atomic mass is 16.5. The zero-order valence-electron chi connectivity index (χ0n) is 9.31. The first kappa shape index (κ1) is 12.0. The van der Waals surface area contributed by atoms with E-state index in [-0.39, 0.29) is 5.60 Å². The SMILES string of the molecule is CCCCC(CC)OC(C)(C)C. The van der Waals surface area contributed by atoms with E-state index >= 15 is 0 Å². The molecule has 0 aliphatic heterocycles. The largest absolute Gasteiger partial charge is 0.373 e. The van der Waals surface area contributed by atoms with Gasteiger partial charge in [0, 0.05) is 0 Å². The van der Waals surface area contributed by atoms with Gasteiger partial charge in [0.05, 0.1) is 11.7 Å². The van der Waals surface area contributed by atoms with Gasteiger partial charge in [-0.1, -0.05) is 26.7 Å². The smallest absolute Gasteiger partial charge is 0.0602 e. The number of rotatable bonds is 5. The Kier molecular flexibility index (Phi) is 5.56. The molecule has 0 fully saturated rings. The standard InChI is InChI=1S/C11H24O/c1-6-8-9-10(7-2)12-11(3,4)5/h10H,6-9H2,1-5H3. The molecule has 1 atom stereocenters. The van der Waals surface area contributed by atoms with Crippen LogP contribution in [0.4, 0.5) is 0 Å². The topological polar surface area (TPSA) is 9.23 Å². The maximum Gasteiger partial charge on any atom is 0.0602 e. The van der Waals surface area contributed by atoms with Crippen molar-refractivity contribution in [3.63, 3.8) is 0 Å². The van der Waals surface area contributed by atoms with E-state index < -0.39 is 0 Å². The summed E-state index contributed by atoms with van der Waals surface area (Å²) in [5.74, 6) is 0. The van der Waals surface area contributed by atoms with Gasteiger partial charge in [0.2, 0.25) is 0 Å². The molecule has 0 aliphatic rings. The minimum absolute atomic E-state index is 0.0222. The van der Waals surface area contributed by atoms with Crippen LogP contribution in [0.15, 0.2) is 0 Å². The highest BCUT2D eigenvalue weighted by Gasteiger charge is 2.16. The molecule has 12 heavy (non-hydrogen) atoms. The molecule has 74 valence electrons. The maximum absolute atomic E-state index is 5.89. The highest BCUT2D eigenvalue weighted by Crippen LogP contribution is 2.17. The summed E-state index contributed by atoms with van der Waals surface area (Å²) in [6, 6.07) is 0. The normalized spacial score (nSPS) is 14.8. The molecule has 0 N–H and O–H groups in total. The van der Waals surface area contributed by atoms with Gasteiger partial charge in [-0.3, -0.25) is 0 Å². The van der Waals surface area contributed by atoms with Crippen LogP contribution >= 0.6 is 0 Å². The van der Waals surface area contributed by atoms with Gasteiger partial charge in [0.25, 0.3) is 0 Å². The lowest BCUT2D eigenvalue weighted by molar-refractivity contribution is -0.0648. The second kappa shape index (κ2) is 5.58. The Morgan fingerprint density at radius 2 is 1.75 bits per heavy atom. The van der Waals surface area contributed by atoms with Crippen LogP contribution in [0.5, 0.6) is 0 Å². The maximum atomic E-state index is 5.89. The van der Waals surface area contributed by atoms with Crippen LogP contribution in [0.25, 0.3) is 0 Å². The zero-order chi connectivity index (χ0) is 9.61. The Morgan fingerprint density at radius 1 is 1.17 bits per heavy atom. The van der Waals surface area contributed by atoms with E-state index in [1.165, 1.54) is 19.3 Å². The molecule has 1 unspecified atom stereocenters. The minimum atomic E-state index is 0.0222. The van der Waals surface area contributed by atoms with E-state index in [9.17, 15) is 0 Å². The molecule has 1 nitrogen and oxygen atoms in total. The monoisotopic (exact) mass is 172 g/mol. The van der Waals surface area contributed by atoms with Crippen LogP contribution in [-0.2, 0) is 4.74 Å². The van der Waals surface area contributed by atoms with E-state index in [0.29, 0.717) is 6.10 Å². The predicted octanol–water partition coefficient (Wildman–Crippen LogP) is 3.77. The van der Waals surface area contributed by atoms with Crippen molar-refractivity contribution in [2.24, 2.45) is 0 Å². The predicted molar refractivity (Wildman–Crippen MR) is 54.4 cm³/mol. The van der Waals surface area contributed by atoms with E-state index in [4.69, 9.17) is 4.74 Å². The molecule has 0 bridgehead atoms. The lowest BCUT2D eigenvalue weighted by Gasteiger charge is -2.26. The van der Waals surface area contributed by atoms with Crippen molar-refractivity contribution in [3.8, 4) is 0 Å². The molecule has 0 amide bonds. The first-order chi connectivity index (χ1) is 5.49. The Balaban J connectivity index is 3.67. The summed E-state index contributed by atoms with van der Waals surface area (Å²) in [6.45, 7) is 10.8. The third-order valence-corrected chi connectivity index (χ3v) is 1.86. The molecular weight excluding hydrogens is 148 g/mol. The van der Waals surface area contributed by atoms with Gasteiger partial charge < -0.3 is 4.74 Å². The summed E-state index contributed by atoms with van der Waals surface area (Å²) in [5, 5.41) is 0. The van der Waals surface area contributed by atoms with Crippen molar-refractivity contribution in [3.05, 3.63) is 0 Å². The van der Waals surface area contributed by atoms with Gasteiger partial charge in [0.1, 0.15) is 0 Å². The van der Waals surface area contributed by atoms with Crippen molar-refractivity contribution >= 4 is 0 Å². The second-order valence-electron chi connectivity index (χ2n) is 4.40. The van der Waals surface area contributed by atoms with Gasteiger partial charge >= 0.3 is 0 Å². The van der Waals surface area contributed by atoms with Gasteiger partial charge in [-0.2, -0.15) is 0 Å². The molecule has 0 aromatic carbocycles. The van der Waals surface area contributed by atoms with Gasteiger partial charge in [0.15, 0.2) is 0 Å². The van der Waals surface area contributed by atoms with E-state index in [1.54, 1.807) is 0 Å². The molecule has 0 aromatic heterocycles. The first-order valence-electron chi connectivity index (χ1n) is 5.17. The second-order valence-corrected chi connectivity index (χ2v) is 4.40. The van der Waals surface area contributed by atoms with Crippen LogP contribution in [0.1, 0.15) is 60.3 Å². The number of hydrogen-bond acceptors (Lipinski definition) is 1. The van der Waals surface area contributed by atoms with E-state index in [2.05, 4.69) is 34.6 Å². The third kappa shape index (κ3) is 6.66. The number of unbranched alkanes of at least 4 members (excludes halogenated alkanes) is 1. The fourth-order valence-electron chi connectivity index (χ4n) is 1.28. The van der Waals surface area contributed by atoms with Crippen molar-refractivity contribution in [2.45, 2.75) is 72.0 Å². The fraction of sp³-hybridized carbons (Fsp3) is 1.00. The minimum Gasteiger partial charge on any atom is -0.373 e. The molecule has 0 spiro atoms. The first-order valence-corrected chi connectivity index (χ1v) is 5.17. The summed E-state index contributed by atoms with van der Waals surface area (Å²) < 4.78 is 5.89. The van der Waals surface area contributed by atoms with Crippen molar-refractivity contribution in [1.82, 2.24) is 0 Å². The molecule has 0 heterocycles. The lowest BCUT2D eigenvalue weighted by atomic mass is 10.1. The van der Waals surface area contributed by atoms with Gasteiger partial charge in [-0.25, -0.2) is 0 Å². The third-order valence-electron chi connectivity index (χ3n) is 1.86. The van der Waals surface area contributed by atoms with Gasteiger partial charge in [-0.05, 0) is 33.6 Å². The summed E-state index contributed by atoms with van der Waals surface area (Å²) >= 11 is 0. The molecular formula is C11H24O. The fourth-order valence-corrected chi connectivity index (χ4v) is 1.28. The average Bonchev–Trinajstić information content (AvgIpc) is 1.95. The molecule has 0 saturated heterocycles. The average molecular weight is 172 g/mol. The van der Waals surface area contributed by atoms with Crippen molar-refractivity contribution in [1.29, 1.82) is 0 Å². The Morgan fingerprint density at radius 3 is 2.08 bits per heavy atom. The van der Waals surface area contributed by atoms with Crippen LogP contribution < -0.4 is 0 Å². The van der Waals surface area contributed by atoms with E-state index in [1.807, 2.05) is 0 Å².